The maximum absolute atomic E-state index is 12.2. The standard InChI is InChI=1S/C16H25N7OS/c1-10-4-6-13(7-5-10)18-14(24)9-25-16-20-19-15(22(16)17)23-12(3)8-11(2)21-23/h8,10,13H,4-7,9,17H2,1-3H3,(H,18,24). The summed E-state index contributed by atoms with van der Waals surface area (Å²) >= 11 is 1.28. The summed E-state index contributed by atoms with van der Waals surface area (Å²) < 4.78 is 3.02. The Morgan fingerprint density at radius 3 is 2.68 bits per heavy atom. The van der Waals surface area contributed by atoms with E-state index in [1.807, 2.05) is 19.9 Å². The number of hydrogen-bond donors (Lipinski definition) is 2. The molecule has 0 aliphatic heterocycles. The third-order valence-corrected chi connectivity index (χ3v) is 5.50. The van der Waals surface area contributed by atoms with Crippen LogP contribution in [0.15, 0.2) is 11.2 Å². The number of aryl methyl sites for hydroxylation is 2. The van der Waals surface area contributed by atoms with Crippen LogP contribution >= 0.6 is 11.8 Å². The van der Waals surface area contributed by atoms with Gasteiger partial charge in [-0.2, -0.15) is 5.10 Å². The van der Waals surface area contributed by atoms with Crippen molar-refractivity contribution in [2.75, 3.05) is 11.6 Å². The van der Waals surface area contributed by atoms with Crippen molar-refractivity contribution in [1.29, 1.82) is 0 Å². The fourth-order valence-electron chi connectivity index (χ4n) is 3.15. The predicted molar refractivity (Wildman–Crippen MR) is 97.1 cm³/mol. The third-order valence-electron chi connectivity index (χ3n) is 4.56. The van der Waals surface area contributed by atoms with Gasteiger partial charge in [0.15, 0.2) is 0 Å². The van der Waals surface area contributed by atoms with Crippen molar-refractivity contribution in [3.8, 4) is 5.95 Å². The summed E-state index contributed by atoms with van der Waals surface area (Å²) in [7, 11) is 0. The van der Waals surface area contributed by atoms with Gasteiger partial charge in [-0.05, 0) is 51.5 Å². The molecule has 0 bridgehead atoms. The van der Waals surface area contributed by atoms with Gasteiger partial charge >= 0.3 is 0 Å². The van der Waals surface area contributed by atoms with E-state index in [1.54, 1.807) is 4.68 Å². The van der Waals surface area contributed by atoms with Gasteiger partial charge in [-0.3, -0.25) is 4.79 Å². The fourth-order valence-corrected chi connectivity index (χ4v) is 3.81. The molecule has 1 saturated carbocycles. The SMILES string of the molecule is Cc1cc(C)n(-c2nnc(SCC(=O)NC3CCC(C)CC3)n2N)n1. The first-order valence-electron chi connectivity index (χ1n) is 8.60. The van der Waals surface area contributed by atoms with E-state index in [9.17, 15) is 4.79 Å². The largest absolute Gasteiger partial charge is 0.353 e. The molecule has 8 nitrogen and oxygen atoms in total. The molecule has 2 heterocycles. The van der Waals surface area contributed by atoms with E-state index in [0.717, 1.165) is 30.1 Å². The van der Waals surface area contributed by atoms with Gasteiger partial charge in [0.1, 0.15) is 0 Å². The second-order valence-corrected chi connectivity index (χ2v) is 7.75. The Morgan fingerprint density at radius 1 is 1.32 bits per heavy atom. The van der Waals surface area contributed by atoms with Crippen molar-refractivity contribution in [3.63, 3.8) is 0 Å². The monoisotopic (exact) mass is 363 g/mol. The quantitative estimate of drug-likeness (QED) is 0.617. The van der Waals surface area contributed by atoms with Gasteiger partial charge < -0.3 is 11.2 Å². The number of amides is 1. The summed E-state index contributed by atoms with van der Waals surface area (Å²) in [6.07, 6.45) is 4.49. The van der Waals surface area contributed by atoms with Gasteiger partial charge in [-0.25, -0.2) is 9.36 Å². The average Bonchev–Trinajstić information content (AvgIpc) is 3.09. The normalized spacial score (nSPS) is 20.6. The summed E-state index contributed by atoms with van der Waals surface area (Å²) in [4.78, 5) is 12.2. The number of carbonyl (C=O) groups excluding carboxylic acids is 1. The summed E-state index contributed by atoms with van der Waals surface area (Å²) in [6, 6.07) is 2.24. The van der Waals surface area contributed by atoms with Crippen molar-refractivity contribution in [3.05, 3.63) is 17.5 Å². The number of aromatic nitrogens is 5. The molecule has 136 valence electrons. The highest BCUT2D eigenvalue weighted by molar-refractivity contribution is 7.99. The second kappa shape index (κ2) is 7.47. The van der Waals surface area contributed by atoms with Crippen LogP contribution in [0.4, 0.5) is 0 Å². The highest BCUT2D eigenvalue weighted by atomic mass is 32.2. The van der Waals surface area contributed by atoms with Crippen LogP contribution in [0.5, 0.6) is 0 Å². The number of rotatable bonds is 5. The van der Waals surface area contributed by atoms with Crippen LogP contribution in [0.2, 0.25) is 0 Å². The molecular weight excluding hydrogens is 338 g/mol. The highest BCUT2D eigenvalue weighted by Gasteiger charge is 2.21. The van der Waals surface area contributed by atoms with Gasteiger partial charge in [0, 0.05) is 11.7 Å². The molecule has 1 aliphatic carbocycles. The summed E-state index contributed by atoms with van der Waals surface area (Å²) in [5, 5.41) is 16.1. The molecule has 1 fully saturated rings. The molecular formula is C16H25N7OS. The smallest absolute Gasteiger partial charge is 0.271 e. The molecule has 0 unspecified atom stereocenters. The minimum Gasteiger partial charge on any atom is -0.353 e. The number of thioether (sulfide) groups is 1. The minimum atomic E-state index is 0.0141. The van der Waals surface area contributed by atoms with Gasteiger partial charge in [0.25, 0.3) is 5.95 Å². The third kappa shape index (κ3) is 4.15. The Hall–Kier alpha value is -2.03. The van der Waals surface area contributed by atoms with E-state index in [0.29, 0.717) is 17.1 Å². The lowest BCUT2D eigenvalue weighted by Crippen LogP contribution is -2.38. The van der Waals surface area contributed by atoms with Crippen LogP contribution < -0.4 is 11.2 Å². The van der Waals surface area contributed by atoms with Gasteiger partial charge in [-0.15, -0.1) is 10.2 Å². The lowest BCUT2D eigenvalue weighted by atomic mass is 9.87. The Balaban J connectivity index is 1.57. The van der Waals surface area contributed by atoms with E-state index in [-0.39, 0.29) is 11.7 Å². The summed E-state index contributed by atoms with van der Waals surface area (Å²) in [5.74, 6) is 7.58. The fraction of sp³-hybridized carbons (Fsp3) is 0.625. The molecule has 0 aromatic carbocycles. The van der Waals surface area contributed by atoms with E-state index in [1.165, 1.54) is 29.3 Å². The van der Waals surface area contributed by atoms with Crippen molar-refractivity contribution in [2.24, 2.45) is 5.92 Å². The molecule has 0 atom stereocenters. The molecule has 9 heteroatoms. The lowest BCUT2D eigenvalue weighted by molar-refractivity contribution is -0.119. The molecule has 2 aromatic rings. The topological polar surface area (TPSA) is 104 Å². The van der Waals surface area contributed by atoms with E-state index in [4.69, 9.17) is 5.84 Å². The number of nitrogens with one attached hydrogen (secondary N) is 1. The highest BCUT2D eigenvalue weighted by Crippen LogP contribution is 2.24. The van der Waals surface area contributed by atoms with E-state index < -0.39 is 0 Å². The molecule has 0 saturated heterocycles. The van der Waals surface area contributed by atoms with Crippen molar-refractivity contribution < 1.29 is 4.79 Å². The molecule has 3 rings (SSSR count). The Morgan fingerprint density at radius 2 is 2.04 bits per heavy atom. The van der Waals surface area contributed by atoms with Gasteiger partial charge in [-0.1, -0.05) is 18.7 Å². The maximum atomic E-state index is 12.2. The molecule has 0 radical (unpaired) electrons. The van der Waals surface area contributed by atoms with Crippen molar-refractivity contribution >= 4 is 17.7 Å². The molecule has 1 aliphatic rings. The van der Waals surface area contributed by atoms with Gasteiger partial charge in [0.2, 0.25) is 11.1 Å². The molecule has 1 amide bonds. The van der Waals surface area contributed by atoms with Crippen LogP contribution in [0, 0.1) is 19.8 Å². The number of nitrogens with two attached hydrogens (primary N) is 1. The molecule has 2 aromatic heterocycles. The molecule has 3 N–H and O–H groups in total. The van der Waals surface area contributed by atoms with E-state index >= 15 is 0 Å². The second-order valence-electron chi connectivity index (χ2n) is 6.80. The first-order chi connectivity index (χ1) is 11.9. The maximum Gasteiger partial charge on any atom is 0.271 e. The molecule has 0 spiro atoms. The first-order valence-corrected chi connectivity index (χ1v) is 9.59. The zero-order valence-corrected chi connectivity index (χ0v) is 15.7. The lowest BCUT2D eigenvalue weighted by Gasteiger charge is -2.26. The zero-order valence-electron chi connectivity index (χ0n) is 14.9. The predicted octanol–water partition coefficient (Wildman–Crippen LogP) is 1.58. The van der Waals surface area contributed by atoms with Crippen LogP contribution in [0.3, 0.4) is 0 Å². The summed E-state index contributed by atoms with van der Waals surface area (Å²) in [6.45, 7) is 6.11. The van der Waals surface area contributed by atoms with Gasteiger partial charge in [0.05, 0.1) is 11.4 Å². The minimum absolute atomic E-state index is 0.0141. The van der Waals surface area contributed by atoms with E-state index in [2.05, 4.69) is 27.5 Å². The Labute approximate surface area is 151 Å². The Kier molecular flexibility index (Phi) is 5.31. The van der Waals surface area contributed by atoms with Crippen LogP contribution in [0.25, 0.3) is 5.95 Å². The van der Waals surface area contributed by atoms with Crippen LogP contribution in [-0.4, -0.2) is 42.4 Å². The Bertz CT molecular complexity index is 746. The average molecular weight is 363 g/mol. The van der Waals surface area contributed by atoms with Crippen molar-refractivity contribution in [2.45, 2.75) is 57.7 Å². The van der Waals surface area contributed by atoms with Crippen LogP contribution in [-0.2, 0) is 4.79 Å². The molecule has 25 heavy (non-hydrogen) atoms. The first kappa shape index (κ1) is 17.8. The summed E-state index contributed by atoms with van der Waals surface area (Å²) in [5.41, 5.74) is 1.81. The number of nitrogen functional groups attached to an aromatic ring is 1. The van der Waals surface area contributed by atoms with Crippen LogP contribution in [0.1, 0.15) is 44.0 Å². The number of hydrogen-bond acceptors (Lipinski definition) is 6. The number of carbonyl (C=O) groups is 1. The number of nitrogens with zero attached hydrogens (tertiary/aromatic N) is 5. The van der Waals surface area contributed by atoms with Crippen molar-refractivity contribution in [1.82, 2.24) is 30.0 Å². The zero-order chi connectivity index (χ0) is 18.0.